The highest BCUT2D eigenvalue weighted by Crippen LogP contribution is 2.29. The lowest BCUT2D eigenvalue weighted by Gasteiger charge is -2.23. The van der Waals surface area contributed by atoms with Crippen LogP contribution in [0.15, 0.2) is 79.0 Å². The van der Waals surface area contributed by atoms with Gasteiger partial charge in [-0.15, -0.1) is 0 Å². The number of aromatic nitrogens is 3. The Morgan fingerprint density at radius 2 is 1.84 bits per heavy atom. The first-order chi connectivity index (χ1) is 18.1. The van der Waals surface area contributed by atoms with Crippen molar-refractivity contribution >= 4 is 41.5 Å². The fourth-order valence-electron chi connectivity index (χ4n) is 4.68. The maximum absolute atomic E-state index is 13.5. The van der Waals surface area contributed by atoms with E-state index in [1.165, 1.54) is 0 Å². The Kier molecular flexibility index (Phi) is 7.08. The zero-order valence-corrected chi connectivity index (χ0v) is 21.2. The summed E-state index contributed by atoms with van der Waals surface area (Å²) in [5.74, 6) is 1.04. The number of benzene rings is 3. The summed E-state index contributed by atoms with van der Waals surface area (Å²) in [6, 6.07) is 23.0. The van der Waals surface area contributed by atoms with E-state index >= 15 is 0 Å². The van der Waals surface area contributed by atoms with Gasteiger partial charge in [-0.1, -0.05) is 55.5 Å². The van der Waals surface area contributed by atoms with Crippen LogP contribution in [0.4, 0.5) is 5.82 Å². The standard InChI is InChI=1S/C29H30BN5O2/c1-2-16-34(29(37)22-13-7-10-20-9-3-4-11-21(20)22)17-8-15-31-27-18-25(23-12-5-6-14-26(23)36)33-28-24(30)19-32-35(27)28/h3-7,9-14,18-19,31,36H,2,8,15-17,30H2,1H3. The Labute approximate surface area is 217 Å². The number of phenols is 1. The van der Waals surface area contributed by atoms with Crippen LogP contribution in [0.3, 0.4) is 0 Å². The minimum absolute atomic E-state index is 0.0643. The number of aromatic hydroxyl groups is 1. The van der Waals surface area contributed by atoms with E-state index in [4.69, 9.17) is 4.98 Å². The molecule has 0 fully saturated rings. The lowest BCUT2D eigenvalue weighted by molar-refractivity contribution is 0.0757. The molecule has 1 amide bonds. The highest BCUT2D eigenvalue weighted by molar-refractivity contribution is 6.36. The average molecular weight is 491 g/mol. The van der Waals surface area contributed by atoms with Crippen molar-refractivity contribution in [2.75, 3.05) is 25.0 Å². The van der Waals surface area contributed by atoms with Gasteiger partial charge in [0.05, 0.1) is 5.69 Å². The molecular formula is C29H30BN5O2. The molecule has 3 aromatic carbocycles. The van der Waals surface area contributed by atoms with Gasteiger partial charge in [0.2, 0.25) is 0 Å². The number of carbonyl (C=O) groups is 1. The summed E-state index contributed by atoms with van der Waals surface area (Å²) >= 11 is 0. The summed E-state index contributed by atoms with van der Waals surface area (Å²) in [7, 11) is 1.97. The normalized spacial score (nSPS) is 11.2. The van der Waals surface area contributed by atoms with Gasteiger partial charge < -0.3 is 15.3 Å². The molecule has 0 spiro atoms. The number of hydrogen-bond acceptors (Lipinski definition) is 5. The number of anilines is 1. The highest BCUT2D eigenvalue weighted by atomic mass is 16.3. The number of nitrogens with zero attached hydrogens (tertiary/aromatic N) is 4. The van der Waals surface area contributed by atoms with Gasteiger partial charge in [0, 0.05) is 43.0 Å². The molecule has 5 rings (SSSR count). The zero-order chi connectivity index (χ0) is 25.8. The van der Waals surface area contributed by atoms with Crippen molar-refractivity contribution < 1.29 is 9.90 Å². The lowest BCUT2D eigenvalue weighted by atomic mass is 10.0. The number of rotatable bonds is 9. The van der Waals surface area contributed by atoms with Crippen LogP contribution in [-0.4, -0.2) is 58.0 Å². The van der Waals surface area contributed by atoms with E-state index in [-0.39, 0.29) is 11.7 Å². The van der Waals surface area contributed by atoms with E-state index in [9.17, 15) is 9.90 Å². The third kappa shape index (κ3) is 5.00. The predicted molar refractivity (Wildman–Crippen MR) is 152 cm³/mol. The highest BCUT2D eigenvalue weighted by Gasteiger charge is 2.17. The minimum atomic E-state index is 0.0643. The second kappa shape index (κ2) is 10.7. The topological polar surface area (TPSA) is 82.8 Å². The third-order valence-electron chi connectivity index (χ3n) is 6.54. The number of fused-ring (bicyclic) bond motifs is 2. The summed E-state index contributed by atoms with van der Waals surface area (Å²) in [6.07, 6.45) is 3.45. The average Bonchev–Trinajstić information content (AvgIpc) is 3.30. The molecule has 7 nitrogen and oxygen atoms in total. The first-order valence-corrected chi connectivity index (χ1v) is 12.7. The maximum atomic E-state index is 13.5. The van der Waals surface area contributed by atoms with Gasteiger partial charge in [-0.2, -0.15) is 9.61 Å². The molecule has 0 aliphatic rings. The molecular weight excluding hydrogens is 461 g/mol. The van der Waals surface area contributed by atoms with Gasteiger partial charge in [-0.25, -0.2) is 4.98 Å². The number of para-hydroxylation sites is 1. The van der Waals surface area contributed by atoms with E-state index in [0.29, 0.717) is 30.9 Å². The SMILES string of the molecule is Bc1cnn2c(NCCCN(CCC)C(=O)c3cccc4ccccc34)cc(-c3ccccc3O)nc12. The number of hydrogen-bond donors (Lipinski definition) is 2. The molecule has 5 aromatic rings. The minimum Gasteiger partial charge on any atom is -0.507 e. The van der Waals surface area contributed by atoms with Crippen molar-refractivity contribution in [3.05, 3.63) is 84.6 Å². The van der Waals surface area contributed by atoms with Gasteiger partial charge in [-0.3, -0.25) is 4.79 Å². The van der Waals surface area contributed by atoms with E-state index in [0.717, 1.165) is 46.1 Å². The van der Waals surface area contributed by atoms with Crippen molar-refractivity contribution in [3.63, 3.8) is 0 Å². The van der Waals surface area contributed by atoms with Crippen LogP contribution < -0.4 is 10.8 Å². The Morgan fingerprint density at radius 3 is 2.68 bits per heavy atom. The van der Waals surface area contributed by atoms with Crippen LogP contribution in [0.2, 0.25) is 0 Å². The predicted octanol–water partition coefficient (Wildman–Crippen LogP) is 3.87. The van der Waals surface area contributed by atoms with Crippen LogP contribution in [0.25, 0.3) is 27.7 Å². The quantitative estimate of drug-likeness (QED) is 0.242. The van der Waals surface area contributed by atoms with Crippen molar-refractivity contribution in [1.82, 2.24) is 19.5 Å². The molecule has 0 saturated heterocycles. The van der Waals surface area contributed by atoms with Crippen molar-refractivity contribution in [2.24, 2.45) is 0 Å². The third-order valence-corrected chi connectivity index (χ3v) is 6.54. The number of phenolic OH excluding ortho intramolecular Hbond substituents is 1. The zero-order valence-electron chi connectivity index (χ0n) is 21.2. The molecule has 2 heterocycles. The van der Waals surface area contributed by atoms with Gasteiger partial charge in [0.1, 0.15) is 19.4 Å². The second-order valence-corrected chi connectivity index (χ2v) is 9.21. The summed E-state index contributed by atoms with van der Waals surface area (Å²) in [5.41, 5.74) is 3.78. The van der Waals surface area contributed by atoms with Gasteiger partial charge in [-0.05, 0) is 47.3 Å². The van der Waals surface area contributed by atoms with Crippen LogP contribution in [-0.2, 0) is 0 Å². The molecule has 0 atom stereocenters. The smallest absolute Gasteiger partial charge is 0.254 e. The number of carbonyl (C=O) groups excluding carboxylic acids is 1. The molecule has 2 N–H and O–H groups in total. The van der Waals surface area contributed by atoms with E-state index in [2.05, 4.69) is 17.3 Å². The first kappa shape index (κ1) is 24.4. The van der Waals surface area contributed by atoms with E-state index < -0.39 is 0 Å². The molecule has 8 heteroatoms. The largest absolute Gasteiger partial charge is 0.507 e. The van der Waals surface area contributed by atoms with Gasteiger partial charge in [0.15, 0.2) is 5.65 Å². The number of nitrogens with one attached hydrogen (secondary N) is 1. The van der Waals surface area contributed by atoms with E-state index in [1.54, 1.807) is 22.8 Å². The molecule has 37 heavy (non-hydrogen) atoms. The molecule has 186 valence electrons. The Bertz CT molecular complexity index is 1560. The van der Waals surface area contributed by atoms with Crippen LogP contribution in [0, 0.1) is 0 Å². The fraction of sp³-hybridized carbons (Fsp3) is 0.207. The summed E-state index contributed by atoms with van der Waals surface area (Å²) in [6.45, 7) is 4.09. The molecule has 0 radical (unpaired) electrons. The Hall–Kier alpha value is -4.33. The molecule has 0 saturated carbocycles. The molecule has 0 unspecified atom stereocenters. The van der Waals surface area contributed by atoms with Gasteiger partial charge in [0.25, 0.3) is 5.91 Å². The number of amides is 1. The summed E-state index contributed by atoms with van der Waals surface area (Å²) in [4.78, 5) is 20.2. The molecule has 0 aliphatic carbocycles. The van der Waals surface area contributed by atoms with Crippen LogP contribution in [0.1, 0.15) is 30.1 Å². The van der Waals surface area contributed by atoms with Gasteiger partial charge >= 0.3 is 0 Å². The van der Waals surface area contributed by atoms with Crippen LogP contribution >= 0.6 is 0 Å². The van der Waals surface area contributed by atoms with Crippen LogP contribution in [0.5, 0.6) is 5.75 Å². The summed E-state index contributed by atoms with van der Waals surface area (Å²) < 4.78 is 1.78. The Balaban J connectivity index is 1.32. The molecule has 0 aliphatic heterocycles. The monoisotopic (exact) mass is 491 g/mol. The van der Waals surface area contributed by atoms with Crippen molar-refractivity contribution in [2.45, 2.75) is 19.8 Å². The summed E-state index contributed by atoms with van der Waals surface area (Å²) in [5, 5.41) is 20.4. The molecule has 0 bridgehead atoms. The lowest BCUT2D eigenvalue weighted by Crippen LogP contribution is -2.33. The van der Waals surface area contributed by atoms with E-state index in [1.807, 2.05) is 73.4 Å². The first-order valence-electron chi connectivity index (χ1n) is 12.7. The fourth-order valence-corrected chi connectivity index (χ4v) is 4.68. The van der Waals surface area contributed by atoms with Crippen molar-refractivity contribution in [1.29, 1.82) is 0 Å². The van der Waals surface area contributed by atoms with Crippen molar-refractivity contribution in [3.8, 4) is 17.0 Å². The maximum Gasteiger partial charge on any atom is 0.254 e. The second-order valence-electron chi connectivity index (χ2n) is 9.21. The Morgan fingerprint density at radius 1 is 1.05 bits per heavy atom. The molecule has 2 aromatic heterocycles.